The summed E-state index contributed by atoms with van der Waals surface area (Å²) in [5, 5.41) is 7.42. The van der Waals surface area contributed by atoms with Gasteiger partial charge in [0.2, 0.25) is 5.91 Å². The molecule has 19 heavy (non-hydrogen) atoms. The fourth-order valence-corrected chi connectivity index (χ4v) is 3.02. The molecule has 0 spiro atoms. The van der Waals surface area contributed by atoms with E-state index in [-0.39, 0.29) is 0 Å². The number of nitrogens with zero attached hydrogens (tertiary/aromatic N) is 1. The van der Waals surface area contributed by atoms with E-state index >= 15 is 0 Å². The molecule has 0 bridgehead atoms. The lowest BCUT2D eigenvalue weighted by atomic mass is 10.0. The van der Waals surface area contributed by atoms with Crippen LogP contribution in [-0.2, 0) is 9.59 Å². The van der Waals surface area contributed by atoms with Crippen LogP contribution in [0.5, 0.6) is 0 Å². The van der Waals surface area contributed by atoms with Crippen LogP contribution in [0.4, 0.5) is 4.39 Å². The van der Waals surface area contributed by atoms with Gasteiger partial charge in [-0.2, -0.15) is 0 Å². The third-order valence-electron chi connectivity index (χ3n) is 4.02. The Morgan fingerprint density at radius 1 is 1.26 bits per heavy atom. The van der Waals surface area contributed by atoms with Gasteiger partial charge < -0.3 is 10.0 Å². The molecule has 1 heterocycles. The molecule has 2 atom stereocenters. The molecule has 3 fully saturated rings. The van der Waals surface area contributed by atoms with Gasteiger partial charge in [-0.1, -0.05) is 0 Å². The van der Waals surface area contributed by atoms with Gasteiger partial charge in [-0.05, 0) is 43.1 Å². The van der Waals surface area contributed by atoms with Crippen molar-refractivity contribution >= 4 is 11.9 Å². The highest BCUT2D eigenvalue weighted by molar-refractivity contribution is 5.81. The molecule has 3 aliphatic rings. The van der Waals surface area contributed by atoms with Crippen molar-refractivity contribution in [3.05, 3.63) is 11.9 Å². The van der Waals surface area contributed by atoms with Crippen molar-refractivity contribution in [1.29, 1.82) is 0 Å². The molecule has 5 heteroatoms. The van der Waals surface area contributed by atoms with Crippen molar-refractivity contribution < 1.29 is 19.1 Å². The first kappa shape index (κ1) is 14.0. The second-order valence-electron chi connectivity index (χ2n) is 5.73. The molecule has 2 saturated carbocycles. The lowest BCUT2D eigenvalue weighted by Gasteiger charge is -2.17. The largest absolute Gasteiger partial charge is 0.481 e. The van der Waals surface area contributed by atoms with Crippen molar-refractivity contribution in [3.8, 4) is 0 Å². The number of carboxylic acid groups (broad SMARTS) is 1. The summed E-state index contributed by atoms with van der Waals surface area (Å²) in [6, 6.07) is 0. The molecule has 0 radical (unpaired) electrons. The number of rotatable bonds is 1. The highest BCUT2D eigenvalue weighted by atomic mass is 19.1. The van der Waals surface area contributed by atoms with E-state index in [1.807, 2.05) is 4.90 Å². The number of carboxylic acids is 1. The molecule has 1 saturated heterocycles. The zero-order valence-electron chi connectivity index (χ0n) is 11.1. The lowest BCUT2D eigenvalue weighted by molar-refractivity contribution is -0.134. The highest BCUT2D eigenvalue weighted by Gasteiger charge is 2.43. The lowest BCUT2D eigenvalue weighted by Crippen LogP contribution is -2.30. The normalized spacial score (nSPS) is 28.5. The third kappa shape index (κ3) is 3.55. The standard InChI is InChI=1S/C12H16FNO.C2H4O2/c13-5-8-3-10-6-14(7-11(10)4-8)12(15)9-1-2-9;1-2(3)4/h5,9-11H,1-4,6-7H2;1H3,(H,3,4). The van der Waals surface area contributed by atoms with Crippen LogP contribution in [-0.4, -0.2) is 35.0 Å². The van der Waals surface area contributed by atoms with Crippen LogP contribution in [0.25, 0.3) is 0 Å². The molecule has 1 N–H and O–H groups in total. The van der Waals surface area contributed by atoms with Gasteiger partial charge in [0, 0.05) is 25.9 Å². The van der Waals surface area contributed by atoms with Crippen LogP contribution in [0.15, 0.2) is 11.9 Å². The molecule has 2 aliphatic carbocycles. The number of carbonyl (C=O) groups is 2. The maximum atomic E-state index is 12.4. The van der Waals surface area contributed by atoms with Gasteiger partial charge >= 0.3 is 0 Å². The summed E-state index contributed by atoms with van der Waals surface area (Å²) < 4.78 is 12.4. The predicted octanol–water partition coefficient (Wildman–Crippen LogP) is 2.21. The zero-order chi connectivity index (χ0) is 14.0. The molecular formula is C14H20FNO3. The van der Waals surface area contributed by atoms with Crippen molar-refractivity contribution in [2.45, 2.75) is 32.6 Å². The fourth-order valence-electron chi connectivity index (χ4n) is 3.02. The molecule has 0 aromatic rings. The zero-order valence-corrected chi connectivity index (χ0v) is 11.1. The van der Waals surface area contributed by atoms with Gasteiger partial charge in [0.05, 0.1) is 6.33 Å². The van der Waals surface area contributed by atoms with E-state index in [2.05, 4.69) is 0 Å². The minimum atomic E-state index is -0.833. The molecule has 4 nitrogen and oxygen atoms in total. The Bertz CT molecular complexity index is 383. The van der Waals surface area contributed by atoms with Gasteiger partial charge in [-0.25, -0.2) is 4.39 Å². The molecular weight excluding hydrogens is 249 g/mol. The van der Waals surface area contributed by atoms with E-state index in [9.17, 15) is 9.18 Å². The number of fused-ring (bicyclic) bond motifs is 1. The van der Waals surface area contributed by atoms with Gasteiger partial charge in [-0.15, -0.1) is 0 Å². The average molecular weight is 269 g/mol. The first-order valence-corrected chi connectivity index (χ1v) is 6.77. The van der Waals surface area contributed by atoms with Crippen molar-refractivity contribution in [2.75, 3.05) is 13.1 Å². The van der Waals surface area contributed by atoms with Crippen LogP contribution in [0, 0.1) is 17.8 Å². The molecule has 3 rings (SSSR count). The summed E-state index contributed by atoms with van der Waals surface area (Å²) in [6.07, 6.45) is 4.68. The van der Waals surface area contributed by atoms with Gasteiger partial charge in [0.1, 0.15) is 0 Å². The Balaban J connectivity index is 0.000000297. The molecule has 106 valence electrons. The number of likely N-dealkylation sites (tertiary alicyclic amines) is 1. The van der Waals surface area contributed by atoms with E-state index in [4.69, 9.17) is 9.90 Å². The van der Waals surface area contributed by atoms with Gasteiger partial charge in [-0.3, -0.25) is 9.59 Å². The summed E-state index contributed by atoms with van der Waals surface area (Å²) in [5.74, 6) is 0.930. The third-order valence-corrected chi connectivity index (χ3v) is 4.02. The number of carbonyl (C=O) groups excluding carboxylic acids is 1. The average Bonchev–Trinajstić information content (AvgIpc) is 2.98. The Labute approximate surface area is 112 Å². The minimum Gasteiger partial charge on any atom is -0.481 e. The first-order valence-electron chi connectivity index (χ1n) is 6.77. The molecule has 1 aliphatic heterocycles. The van der Waals surface area contributed by atoms with E-state index in [1.165, 1.54) is 0 Å². The quantitative estimate of drug-likeness (QED) is 0.794. The minimum absolute atomic E-state index is 0.333. The second-order valence-corrected chi connectivity index (χ2v) is 5.73. The van der Waals surface area contributed by atoms with Crippen LogP contribution in [0.1, 0.15) is 32.6 Å². The van der Waals surface area contributed by atoms with Crippen molar-refractivity contribution in [1.82, 2.24) is 4.90 Å². The first-order chi connectivity index (χ1) is 9.01. The number of halogens is 1. The maximum Gasteiger partial charge on any atom is 0.300 e. The summed E-state index contributed by atoms with van der Waals surface area (Å²) in [7, 11) is 0. The summed E-state index contributed by atoms with van der Waals surface area (Å²) >= 11 is 0. The van der Waals surface area contributed by atoms with E-state index in [0.29, 0.717) is 23.7 Å². The fraction of sp³-hybridized carbons (Fsp3) is 0.714. The number of allylic oxidation sites excluding steroid dienone is 1. The highest BCUT2D eigenvalue weighted by Crippen LogP contribution is 2.43. The smallest absolute Gasteiger partial charge is 0.300 e. The van der Waals surface area contributed by atoms with E-state index in [0.717, 1.165) is 57.6 Å². The SMILES string of the molecule is CC(=O)O.O=C(C1CC1)N1CC2CC(=CF)CC2C1. The Hall–Kier alpha value is -1.39. The summed E-state index contributed by atoms with van der Waals surface area (Å²) in [4.78, 5) is 22.8. The van der Waals surface area contributed by atoms with Gasteiger partial charge in [0.25, 0.3) is 5.97 Å². The number of aliphatic carboxylic acids is 1. The second kappa shape index (κ2) is 5.72. The Kier molecular flexibility index (Phi) is 4.22. The Morgan fingerprint density at radius 3 is 2.11 bits per heavy atom. The monoisotopic (exact) mass is 269 g/mol. The topological polar surface area (TPSA) is 57.6 Å². The Morgan fingerprint density at radius 2 is 1.74 bits per heavy atom. The predicted molar refractivity (Wildman–Crippen MR) is 68.0 cm³/mol. The maximum absolute atomic E-state index is 12.4. The van der Waals surface area contributed by atoms with E-state index in [1.54, 1.807) is 0 Å². The molecule has 2 unspecified atom stereocenters. The van der Waals surface area contributed by atoms with Crippen LogP contribution >= 0.6 is 0 Å². The van der Waals surface area contributed by atoms with Crippen LogP contribution in [0.2, 0.25) is 0 Å². The number of hydrogen-bond acceptors (Lipinski definition) is 2. The number of hydrogen-bond donors (Lipinski definition) is 1. The molecule has 1 amide bonds. The van der Waals surface area contributed by atoms with Crippen LogP contribution < -0.4 is 0 Å². The van der Waals surface area contributed by atoms with Crippen molar-refractivity contribution in [2.24, 2.45) is 17.8 Å². The number of amides is 1. The summed E-state index contributed by atoms with van der Waals surface area (Å²) in [6.45, 7) is 2.83. The summed E-state index contributed by atoms with van der Waals surface area (Å²) in [5.41, 5.74) is 0.948. The molecule has 0 aromatic heterocycles. The molecule has 0 aromatic carbocycles. The van der Waals surface area contributed by atoms with Gasteiger partial charge in [0.15, 0.2) is 0 Å². The van der Waals surface area contributed by atoms with E-state index < -0.39 is 5.97 Å². The van der Waals surface area contributed by atoms with Crippen LogP contribution in [0.3, 0.4) is 0 Å². The van der Waals surface area contributed by atoms with Crippen molar-refractivity contribution in [3.63, 3.8) is 0 Å².